The van der Waals surface area contributed by atoms with Crippen molar-refractivity contribution in [2.45, 2.75) is 39.9 Å². The summed E-state index contributed by atoms with van der Waals surface area (Å²) in [6.07, 6.45) is -2.06. The summed E-state index contributed by atoms with van der Waals surface area (Å²) in [6, 6.07) is 8.54. The Labute approximate surface area is 193 Å². The third-order valence-corrected chi connectivity index (χ3v) is 6.80. The number of alkyl halides is 3. The Kier molecular flexibility index (Phi) is 6.41. The number of benzene rings is 2. The maximum atomic E-state index is 14.2. The molecular weight excluding hydrogens is 454 g/mol. The maximum Gasteiger partial charge on any atom is 0.419 e. The number of hydrogen-bond acceptors (Lipinski definition) is 1. The number of nitrogens with one attached hydrogen (secondary N) is 1. The fourth-order valence-corrected chi connectivity index (χ4v) is 4.90. The monoisotopic (exact) mass is 481 g/mol. The second-order valence-electron chi connectivity index (χ2n) is 9.55. The summed E-state index contributed by atoms with van der Waals surface area (Å²) in [5.74, 6) is -1.28. The molecule has 0 aliphatic carbocycles. The maximum absolute atomic E-state index is 14.2. The summed E-state index contributed by atoms with van der Waals surface area (Å²) in [7, 11) is 0. The third kappa shape index (κ3) is 5.47. The van der Waals surface area contributed by atoms with Gasteiger partial charge in [0, 0.05) is 43.3 Å². The Morgan fingerprint density at radius 2 is 1.82 bits per heavy atom. The molecule has 0 saturated carbocycles. The Morgan fingerprint density at radius 1 is 1.09 bits per heavy atom. The van der Waals surface area contributed by atoms with Crippen LogP contribution in [0.4, 0.5) is 17.6 Å². The van der Waals surface area contributed by atoms with Gasteiger partial charge in [0.2, 0.25) is 0 Å². The minimum atomic E-state index is -4.80. The van der Waals surface area contributed by atoms with E-state index in [1.807, 2.05) is 15.1 Å². The van der Waals surface area contributed by atoms with E-state index in [1.54, 1.807) is 18.2 Å². The van der Waals surface area contributed by atoms with Gasteiger partial charge in [-0.1, -0.05) is 39.0 Å². The van der Waals surface area contributed by atoms with Gasteiger partial charge in [0.1, 0.15) is 5.82 Å². The van der Waals surface area contributed by atoms with Crippen LogP contribution in [0.3, 0.4) is 0 Å². The first-order valence-corrected chi connectivity index (χ1v) is 11.9. The lowest BCUT2D eigenvalue weighted by molar-refractivity contribution is -0.139. The van der Waals surface area contributed by atoms with Crippen molar-refractivity contribution in [1.29, 1.82) is 0 Å². The molecule has 1 fully saturated rings. The van der Waals surface area contributed by atoms with E-state index in [0.29, 0.717) is 18.7 Å². The van der Waals surface area contributed by atoms with E-state index < -0.39 is 28.7 Å². The summed E-state index contributed by atoms with van der Waals surface area (Å²) < 4.78 is 73.8. The molecule has 0 spiro atoms. The molecule has 0 amide bonds. The predicted octanol–water partition coefficient (Wildman–Crippen LogP) is 5.54. The molecule has 9 heteroatoms. The molecule has 178 valence electrons. The molecule has 0 radical (unpaired) electrons. The Bertz CT molecular complexity index is 1190. The molecule has 1 aliphatic heterocycles. The first-order valence-electron chi connectivity index (χ1n) is 10.8. The van der Waals surface area contributed by atoms with Crippen LogP contribution in [-0.2, 0) is 30.3 Å². The van der Waals surface area contributed by atoms with Crippen molar-refractivity contribution in [1.82, 2.24) is 13.6 Å². The van der Waals surface area contributed by atoms with Crippen LogP contribution in [0, 0.1) is 11.2 Å². The number of fused-ring (bicyclic) bond motifs is 1. The molecule has 1 atom stereocenters. The predicted molar refractivity (Wildman–Crippen MR) is 123 cm³/mol. The lowest BCUT2D eigenvalue weighted by Crippen LogP contribution is -2.26. The highest BCUT2D eigenvalue weighted by Crippen LogP contribution is 2.40. The van der Waals surface area contributed by atoms with E-state index in [2.05, 4.69) is 25.5 Å². The van der Waals surface area contributed by atoms with E-state index in [0.717, 1.165) is 42.0 Å². The van der Waals surface area contributed by atoms with Gasteiger partial charge in [-0.05, 0) is 46.7 Å². The van der Waals surface area contributed by atoms with Crippen molar-refractivity contribution in [2.75, 3.05) is 19.6 Å². The average molecular weight is 482 g/mol. The zero-order chi connectivity index (χ0) is 24.0. The van der Waals surface area contributed by atoms with Crippen molar-refractivity contribution in [2.24, 2.45) is 5.41 Å². The molecule has 4 rings (SSSR count). The van der Waals surface area contributed by atoms with E-state index in [9.17, 15) is 21.8 Å². The van der Waals surface area contributed by atoms with Gasteiger partial charge in [-0.25, -0.2) is 17.6 Å². The Hall–Kier alpha value is -2.23. The number of rotatable bonds is 7. The van der Waals surface area contributed by atoms with E-state index in [-0.39, 0.29) is 11.0 Å². The summed E-state index contributed by atoms with van der Waals surface area (Å²) in [6.45, 7) is 9.00. The molecule has 1 aliphatic rings. The normalized spacial score (nSPS) is 15.8. The third-order valence-electron chi connectivity index (χ3n) is 5.51. The lowest BCUT2D eigenvalue weighted by atomic mass is 9.87. The van der Waals surface area contributed by atoms with Crippen molar-refractivity contribution >= 4 is 22.1 Å². The second-order valence-corrected chi connectivity index (χ2v) is 10.9. The van der Waals surface area contributed by atoms with Gasteiger partial charge in [-0.3, -0.25) is 0 Å². The summed E-state index contributed by atoms with van der Waals surface area (Å²) in [5.41, 5.74) is 0.753. The number of halogens is 4. The van der Waals surface area contributed by atoms with Gasteiger partial charge in [0.05, 0.1) is 5.56 Å². The highest BCUT2D eigenvalue weighted by molar-refractivity contribution is 7.80. The minimum Gasteiger partial charge on any atom is -0.346 e. The quantitative estimate of drug-likeness (QED) is 0.349. The van der Waals surface area contributed by atoms with Crippen LogP contribution in [0.5, 0.6) is 0 Å². The van der Waals surface area contributed by atoms with Gasteiger partial charge in [0.25, 0.3) is 0 Å². The van der Waals surface area contributed by atoms with Gasteiger partial charge in [-0.2, -0.15) is 13.2 Å². The van der Waals surface area contributed by atoms with Crippen molar-refractivity contribution < 1.29 is 21.8 Å². The highest BCUT2D eigenvalue weighted by Gasteiger charge is 2.37. The molecule has 4 nitrogen and oxygen atoms in total. The number of hydrogen-bond donors (Lipinski definition) is 1. The number of nitrogens with zero attached hydrogens (tertiary/aromatic N) is 2. The molecule has 2 heterocycles. The van der Waals surface area contributed by atoms with Gasteiger partial charge < -0.3 is 4.57 Å². The summed E-state index contributed by atoms with van der Waals surface area (Å²) >= 11 is -1.19. The van der Waals surface area contributed by atoms with Gasteiger partial charge in [0.15, 0.2) is 11.2 Å². The molecule has 1 saturated heterocycles. The SMILES string of the molecule is CC(C)(C)Cc1cn(CCNS(=O)N2CC2)c2ccc(-c3cccc(F)c3C(F)(F)F)cc12. The first kappa shape index (κ1) is 23.9. The molecule has 33 heavy (non-hydrogen) atoms. The van der Waals surface area contributed by atoms with Crippen molar-refractivity contribution in [3.8, 4) is 11.1 Å². The summed E-state index contributed by atoms with van der Waals surface area (Å²) in [4.78, 5) is 0. The van der Waals surface area contributed by atoms with Crippen LogP contribution < -0.4 is 4.72 Å². The summed E-state index contributed by atoms with van der Waals surface area (Å²) in [5, 5.41) is 0.840. The number of aromatic nitrogens is 1. The fraction of sp³-hybridized carbons (Fsp3) is 0.417. The molecule has 1 aromatic heterocycles. The molecular formula is C24H27F4N3OS. The van der Waals surface area contributed by atoms with Crippen LogP contribution in [0.15, 0.2) is 42.6 Å². The molecule has 0 bridgehead atoms. The largest absolute Gasteiger partial charge is 0.419 e. The highest BCUT2D eigenvalue weighted by atomic mass is 32.2. The first-order chi connectivity index (χ1) is 15.4. The minimum absolute atomic E-state index is 0.0376. The van der Waals surface area contributed by atoms with E-state index in [4.69, 9.17) is 0 Å². The molecule has 2 aromatic carbocycles. The van der Waals surface area contributed by atoms with Crippen LogP contribution in [-0.4, -0.2) is 32.7 Å². The molecule has 1 N–H and O–H groups in total. The van der Waals surface area contributed by atoms with Crippen LogP contribution in [0.25, 0.3) is 22.0 Å². The van der Waals surface area contributed by atoms with Crippen LogP contribution in [0.2, 0.25) is 0 Å². The smallest absolute Gasteiger partial charge is 0.346 e. The van der Waals surface area contributed by atoms with Crippen molar-refractivity contribution in [3.05, 3.63) is 59.5 Å². The lowest BCUT2D eigenvalue weighted by Gasteiger charge is -2.17. The van der Waals surface area contributed by atoms with Crippen LogP contribution >= 0.6 is 0 Å². The second kappa shape index (κ2) is 8.85. The zero-order valence-electron chi connectivity index (χ0n) is 18.8. The van der Waals surface area contributed by atoms with E-state index in [1.165, 1.54) is 12.1 Å². The van der Waals surface area contributed by atoms with Crippen molar-refractivity contribution in [3.63, 3.8) is 0 Å². The molecule has 1 unspecified atom stereocenters. The molecule has 3 aromatic rings. The topological polar surface area (TPSA) is 37.0 Å². The van der Waals surface area contributed by atoms with Gasteiger partial charge >= 0.3 is 6.18 Å². The Balaban J connectivity index is 1.74. The Morgan fingerprint density at radius 3 is 2.45 bits per heavy atom. The van der Waals surface area contributed by atoms with Gasteiger partial charge in [-0.15, -0.1) is 0 Å². The fourth-order valence-electron chi connectivity index (χ4n) is 4.04. The van der Waals surface area contributed by atoms with E-state index >= 15 is 0 Å². The standard InChI is InChI=1S/C24H27F4N3OS/c1-23(2,3)14-17-15-30(10-9-29-33(32)31-11-12-31)21-8-7-16(13-19(17)21)18-5-4-6-20(25)22(18)24(26,27)28/h4-8,13,15,29H,9-12,14H2,1-3H3. The average Bonchev–Trinajstić information content (AvgIpc) is 3.50. The zero-order valence-corrected chi connectivity index (χ0v) is 19.6. The van der Waals surface area contributed by atoms with Crippen LogP contribution in [0.1, 0.15) is 31.9 Å².